The number of rotatable bonds is 6. The van der Waals surface area contributed by atoms with Crippen LogP contribution in [0.2, 0.25) is 0 Å². The van der Waals surface area contributed by atoms with Crippen LogP contribution in [0.15, 0.2) is 78.9 Å². The molecule has 0 unspecified atom stereocenters. The summed E-state index contributed by atoms with van der Waals surface area (Å²) in [4.78, 5) is 27.2. The van der Waals surface area contributed by atoms with Gasteiger partial charge in [0.25, 0.3) is 5.91 Å². The topological polar surface area (TPSA) is 49.4 Å². The van der Waals surface area contributed by atoms with Gasteiger partial charge in [0.05, 0.1) is 5.75 Å². The first-order valence-electron chi connectivity index (χ1n) is 10.2. The minimum atomic E-state index is -0.145. The van der Waals surface area contributed by atoms with Crippen LogP contribution >= 0.6 is 11.8 Å². The first-order valence-corrected chi connectivity index (χ1v) is 11.2. The zero-order valence-corrected chi connectivity index (χ0v) is 17.7. The van der Waals surface area contributed by atoms with Crippen molar-refractivity contribution in [2.24, 2.45) is 0 Å². The first-order chi connectivity index (χ1) is 14.7. The summed E-state index contributed by atoms with van der Waals surface area (Å²) in [6.45, 7) is 2.15. The number of nitrogens with one attached hydrogen (secondary N) is 1. The van der Waals surface area contributed by atoms with Crippen LogP contribution in [0, 0.1) is 0 Å². The number of aryl methyl sites for hydroxylation is 1. The van der Waals surface area contributed by atoms with E-state index in [1.54, 1.807) is 23.9 Å². The summed E-state index contributed by atoms with van der Waals surface area (Å²) in [7, 11) is 0. The maximum Gasteiger partial charge on any atom is 0.255 e. The molecule has 0 bridgehead atoms. The molecule has 152 valence electrons. The highest BCUT2D eigenvalue weighted by Crippen LogP contribution is 2.43. The number of anilines is 2. The lowest BCUT2D eigenvalue weighted by Crippen LogP contribution is -2.28. The fourth-order valence-electron chi connectivity index (χ4n) is 3.72. The second kappa shape index (κ2) is 9.18. The van der Waals surface area contributed by atoms with Crippen molar-refractivity contribution < 1.29 is 9.59 Å². The third kappa shape index (κ3) is 4.26. The van der Waals surface area contributed by atoms with E-state index in [0.717, 1.165) is 29.8 Å². The number of nitrogens with zero attached hydrogens (tertiary/aromatic N) is 1. The van der Waals surface area contributed by atoms with E-state index in [4.69, 9.17) is 0 Å². The molecule has 5 heteroatoms. The highest BCUT2D eigenvalue weighted by atomic mass is 32.2. The van der Waals surface area contributed by atoms with E-state index in [0.29, 0.717) is 11.3 Å². The number of thioether (sulfide) groups is 1. The first kappa shape index (κ1) is 20.2. The zero-order valence-electron chi connectivity index (χ0n) is 16.9. The van der Waals surface area contributed by atoms with Crippen LogP contribution in [0.5, 0.6) is 0 Å². The molecule has 0 saturated carbocycles. The van der Waals surface area contributed by atoms with Gasteiger partial charge in [0.15, 0.2) is 0 Å². The van der Waals surface area contributed by atoms with Crippen LogP contribution < -0.4 is 10.2 Å². The summed E-state index contributed by atoms with van der Waals surface area (Å²) in [6, 6.07) is 25.1. The number of benzene rings is 3. The van der Waals surface area contributed by atoms with E-state index in [-0.39, 0.29) is 17.2 Å². The lowest BCUT2D eigenvalue weighted by atomic mass is 10.1. The van der Waals surface area contributed by atoms with Crippen molar-refractivity contribution in [3.63, 3.8) is 0 Å². The molecular weight excluding hydrogens is 392 g/mol. The molecule has 0 aliphatic carbocycles. The number of amides is 2. The molecule has 3 aromatic rings. The fraction of sp³-hybridized carbons (Fsp3) is 0.200. The maximum absolute atomic E-state index is 12.8. The van der Waals surface area contributed by atoms with Gasteiger partial charge in [-0.2, -0.15) is 0 Å². The number of para-hydroxylation sites is 1. The summed E-state index contributed by atoms with van der Waals surface area (Å²) in [5.74, 6) is 0.423. The van der Waals surface area contributed by atoms with E-state index in [1.165, 1.54) is 5.56 Å². The Kier molecular flexibility index (Phi) is 6.19. The van der Waals surface area contributed by atoms with Crippen molar-refractivity contribution in [1.82, 2.24) is 0 Å². The molecule has 1 atom stereocenters. The largest absolute Gasteiger partial charge is 0.322 e. The SMILES string of the molecule is CCCc1ccccc1N1C(=O)CS[C@@H]1c1cccc(NC(=O)c2ccccc2)c1. The second-order valence-corrected chi connectivity index (χ2v) is 8.32. The average Bonchev–Trinajstić information content (AvgIpc) is 3.16. The minimum Gasteiger partial charge on any atom is -0.322 e. The summed E-state index contributed by atoms with van der Waals surface area (Å²) < 4.78 is 0. The molecule has 0 spiro atoms. The standard InChI is InChI=1S/C25H24N2O2S/c1-2-9-18-10-6-7-15-22(18)27-23(28)17-30-25(27)20-13-8-14-21(16-20)26-24(29)19-11-4-3-5-12-19/h3-8,10-16,25H,2,9,17H2,1H3,(H,26,29)/t25-/m1/s1. The minimum absolute atomic E-state index is 0.107. The summed E-state index contributed by atoms with van der Waals surface area (Å²) >= 11 is 1.62. The fourth-order valence-corrected chi connectivity index (χ4v) is 4.88. The number of carbonyl (C=O) groups is 2. The van der Waals surface area contributed by atoms with Crippen molar-refractivity contribution in [2.75, 3.05) is 16.0 Å². The molecule has 3 aromatic carbocycles. The molecule has 2 amide bonds. The van der Waals surface area contributed by atoms with Gasteiger partial charge in [-0.3, -0.25) is 14.5 Å². The van der Waals surface area contributed by atoms with E-state index in [2.05, 4.69) is 18.3 Å². The zero-order chi connectivity index (χ0) is 20.9. The highest BCUT2D eigenvalue weighted by molar-refractivity contribution is 8.00. The van der Waals surface area contributed by atoms with Gasteiger partial charge in [0.2, 0.25) is 5.91 Å². The lowest BCUT2D eigenvalue weighted by Gasteiger charge is -2.27. The van der Waals surface area contributed by atoms with Crippen LogP contribution in [0.3, 0.4) is 0 Å². The van der Waals surface area contributed by atoms with E-state index in [9.17, 15) is 9.59 Å². The number of hydrogen-bond acceptors (Lipinski definition) is 3. The molecule has 1 aliphatic rings. The summed E-state index contributed by atoms with van der Waals surface area (Å²) in [6.07, 6.45) is 1.96. The number of hydrogen-bond donors (Lipinski definition) is 1. The van der Waals surface area contributed by atoms with Gasteiger partial charge in [-0.05, 0) is 47.9 Å². The molecule has 1 saturated heterocycles. The van der Waals surface area contributed by atoms with Gasteiger partial charge in [-0.25, -0.2) is 0 Å². The van der Waals surface area contributed by atoms with Gasteiger partial charge in [-0.15, -0.1) is 11.8 Å². The van der Waals surface area contributed by atoms with E-state index >= 15 is 0 Å². The van der Waals surface area contributed by atoms with Crippen LogP contribution in [0.25, 0.3) is 0 Å². The normalized spacial score (nSPS) is 16.0. The average molecular weight is 417 g/mol. The predicted molar refractivity (Wildman–Crippen MR) is 124 cm³/mol. The quantitative estimate of drug-likeness (QED) is 0.563. The third-order valence-electron chi connectivity index (χ3n) is 5.10. The van der Waals surface area contributed by atoms with E-state index in [1.807, 2.05) is 65.6 Å². The van der Waals surface area contributed by atoms with Gasteiger partial charge in [0, 0.05) is 16.9 Å². The van der Waals surface area contributed by atoms with Crippen molar-refractivity contribution in [1.29, 1.82) is 0 Å². The summed E-state index contributed by atoms with van der Waals surface area (Å²) in [5, 5.41) is 2.86. The Balaban J connectivity index is 1.61. The molecule has 1 N–H and O–H groups in total. The van der Waals surface area contributed by atoms with E-state index < -0.39 is 0 Å². The van der Waals surface area contributed by atoms with Crippen molar-refractivity contribution >= 4 is 35.0 Å². The second-order valence-electron chi connectivity index (χ2n) is 7.25. The van der Waals surface area contributed by atoms with Gasteiger partial charge in [0.1, 0.15) is 5.37 Å². The van der Waals surface area contributed by atoms with Crippen LogP contribution in [0.4, 0.5) is 11.4 Å². The van der Waals surface area contributed by atoms with Crippen LogP contribution in [-0.2, 0) is 11.2 Å². The Bertz CT molecular complexity index is 1050. The Morgan fingerprint density at radius 1 is 1.03 bits per heavy atom. The Morgan fingerprint density at radius 2 is 1.80 bits per heavy atom. The molecule has 4 rings (SSSR count). The summed E-state index contributed by atoms with van der Waals surface area (Å²) in [5.41, 5.74) is 4.52. The molecule has 1 heterocycles. The molecular formula is C25H24N2O2S. The van der Waals surface area contributed by atoms with Gasteiger partial charge >= 0.3 is 0 Å². The Morgan fingerprint density at radius 3 is 2.60 bits per heavy atom. The lowest BCUT2D eigenvalue weighted by molar-refractivity contribution is -0.115. The van der Waals surface area contributed by atoms with Gasteiger partial charge < -0.3 is 5.32 Å². The smallest absolute Gasteiger partial charge is 0.255 e. The Labute approximate surface area is 181 Å². The molecule has 0 aromatic heterocycles. The van der Waals surface area contributed by atoms with Crippen LogP contribution in [0.1, 0.15) is 40.2 Å². The van der Waals surface area contributed by atoms with Crippen molar-refractivity contribution in [3.05, 3.63) is 95.6 Å². The molecule has 1 aliphatic heterocycles. The molecule has 0 radical (unpaired) electrons. The molecule has 30 heavy (non-hydrogen) atoms. The molecule has 1 fully saturated rings. The van der Waals surface area contributed by atoms with Crippen LogP contribution in [-0.4, -0.2) is 17.6 Å². The predicted octanol–water partition coefficient (Wildman–Crippen LogP) is 5.67. The van der Waals surface area contributed by atoms with Crippen molar-refractivity contribution in [2.45, 2.75) is 25.1 Å². The number of carbonyl (C=O) groups excluding carboxylic acids is 2. The third-order valence-corrected chi connectivity index (χ3v) is 6.32. The van der Waals surface area contributed by atoms with Gasteiger partial charge in [-0.1, -0.05) is 61.9 Å². The maximum atomic E-state index is 12.8. The molecule has 4 nitrogen and oxygen atoms in total. The van der Waals surface area contributed by atoms with Crippen molar-refractivity contribution in [3.8, 4) is 0 Å². The monoisotopic (exact) mass is 416 g/mol. The Hall–Kier alpha value is -3.05. The highest BCUT2D eigenvalue weighted by Gasteiger charge is 2.35.